The molecule has 4 N–H and O–H groups in total. The number of H-pyrrole nitrogens is 2. The number of aromatic nitrogens is 2. The van der Waals surface area contributed by atoms with Crippen molar-refractivity contribution in [1.82, 2.24) is 15.3 Å². The Kier molecular flexibility index (Phi) is 6.78. The Bertz CT molecular complexity index is 1540. The molecule has 0 saturated heterocycles. The van der Waals surface area contributed by atoms with Gasteiger partial charge in [0, 0.05) is 6.54 Å². The minimum atomic E-state index is -4.02. The van der Waals surface area contributed by atoms with Crippen LogP contribution in [0.2, 0.25) is 0 Å². The average molecular weight is 497 g/mol. The zero-order chi connectivity index (χ0) is 25.0. The van der Waals surface area contributed by atoms with Crippen LogP contribution in [0.5, 0.6) is 11.5 Å². The first kappa shape index (κ1) is 23.9. The molecule has 11 heteroatoms. The van der Waals surface area contributed by atoms with Crippen LogP contribution in [0.15, 0.2) is 70.4 Å². The number of hydrogen-bond acceptors (Lipinski definition) is 6. The molecule has 1 amide bonds. The fourth-order valence-electron chi connectivity index (χ4n) is 3.60. The van der Waals surface area contributed by atoms with Crippen molar-refractivity contribution in [2.24, 2.45) is 0 Å². The van der Waals surface area contributed by atoms with Crippen molar-refractivity contribution < 1.29 is 22.7 Å². The van der Waals surface area contributed by atoms with Gasteiger partial charge in [0.1, 0.15) is 0 Å². The van der Waals surface area contributed by atoms with Crippen LogP contribution in [0.4, 0.5) is 5.69 Å². The molecule has 182 valence electrons. The minimum Gasteiger partial charge on any atom is -0.493 e. The highest BCUT2D eigenvalue weighted by molar-refractivity contribution is 7.92. The van der Waals surface area contributed by atoms with E-state index < -0.39 is 21.6 Å². The normalized spacial score (nSPS) is 11.3. The minimum absolute atomic E-state index is 0.0519. The molecule has 4 rings (SSSR count). The van der Waals surface area contributed by atoms with E-state index in [1.807, 2.05) is 12.1 Å². The summed E-state index contributed by atoms with van der Waals surface area (Å²) in [5.41, 5.74) is 1.67. The highest BCUT2D eigenvalue weighted by Gasteiger charge is 2.19. The first-order chi connectivity index (χ1) is 16.8. The van der Waals surface area contributed by atoms with Gasteiger partial charge in [0.25, 0.3) is 15.9 Å². The van der Waals surface area contributed by atoms with Gasteiger partial charge < -0.3 is 24.8 Å². The molecule has 0 aliphatic carbocycles. The van der Waals surface area contributed by atoms with E-state index in [0.717, 1.165) is 5.56 Å². The number of sulfonamides is 1. The smallest absolute Gasteiger partial charge is 0.323 e. The molecule has 0 atom stereocenters. The topological polar surface area (TPSA) is 142 Å². The average Bonchev–Trinajstić information content (AvgIpc) is 3.23. The maximum atomic E-state index is 13.0. The lowest BCUT2D eigenvalue weighted by Gasteiger charge is -2.13. The standard InChI is InChI=1S/C24H24N4O6S/c1-33-21-10-7-15(13-22(21)34-2)11-12-25-23(29)17-5-3-4-6-18(17)28-35(31,32)16-8-9-19-20(14-16)27-24(30)26-19/h3-10,13-14,28H,11-12H2,1-2H3,(H,25,29)(H2,26,27,30). The Balaban J connectivity index is 1.47. The molecule has 3 aromatic carbocycles. The number of nitrogens with one attached hydrogen (secondary N) is 4. The van der Waals surface area contributed by atoms with Gasteiger partial charge >= 0.3 is 5.69 Å². The molecule has 1 aromatic heterocycles. The molecule has 0 radical (unpaired) electrons. The van der Waals surface area contributed by atoms with Crippen molar-refractivity contribution in [3.63, 3.8) is 0 Å². The third-order valence-corrected chi connectivity index (χ3v) is 6.72. The van der Waals surface area contributed by atoms with Crippen LogP contribution < -0.4 is 25.2 Å². The van der Waals surface area contributed by atoms with Crippen LogP contribution >= 0.6 is 0 Å². The number of rotatable bonds is 9. The van der Waals surface area contributed by atoms with Gasteiger partial charge in [-0.25, -0.2) is 13.2 Å². The quantitative estimate of drug-likeness (QED) is 0.281. The number of carbonyl (C=O) groups is 1. The summed E-state index contributed by atoms with van der Waals surface area (Å²) in [5, 5.41) is 2.82. The van der Waals surface area contributed by atoms with Gasteiger partial charge in [0.2, 0.25) is 0 Å². The van der Waals surface area contributed by atoms with Crippen molar-refractivity contribution in [2.75, 3.05) is 25.5 Å². The second kappa shape index (κ2) is 9.94. The van der Waals surface area contributed by atoms with Gasteiger partial charge in [0.05, 0.1) is 41.4 Å². The van der Waals surface area contributed by atoms with Crippen LogP contribution in [-0.4, -0.2) is 45.1 Å². The number of imidazole rings is 1. The molecule has 0 unspecified atom stereocenters. The van der Waals surface area contributed by atoms with E-state index in [0.29, 0.717) is 35.5 Å². The van der Waals surface area contributed by atoms with Crippen molar-refractivity contribution in [3.05, 3.63) is 82.3 Å². The van der Waals surface area contributed by atoms with Crippen LogP contribution in [0, 0.1) is 0 Å². The first-order valence-electron chi connectivity index (χ1n) is 10.6. The molecule has 4 aromatic rings. The summed E-state index contributed by atoms with van der Waals surface area (Å²) in [6.07, 6.45) is 0.537. The van der Waals surface area contributed by atoms with E-state index in [9.17, 15) is 18.0 Å². The second-order valence-electron chi connectivity index (χ2n) is 7.63. The summed E-state index contributed by atoms with van der Waals surface area (Å²) in [7, 11) is -0.910. The van der Waals surface area contributed by atoms with Gasteiger partial charge in [-0.1, -0.05) is 18.2 Å². The van der Waals surface area contributed by atoms with Gasteiger partial charge in [0.15, 0.2) is 11.5 Å². The third-order valence-electron chi connectivity index (χ3n) is 5.36. The molecule has 0 spiro atoms. The fourth-order valence-corrected chi connectivity index (χ4v) is 4.71. The van der Waals surface area contributed by atoms with Crippen molar-refractivity contribution in [3.8, 4) is 11.5 Å². The Labute approximate surface area is 201 Å². The number of amides is 1. The first-order valence-corrected chi connectivity index (χ1v) is 12.1. The number of hydrogen-bond donors (Lipinski definition) is 4. The number of methoxy groups -OCH3 is 2. The molecular formula is C24H24N4O6S. The molecule has 1 heterocycles. The number of aromatic amines is 2. The summed E-state index contributed by atoms with van der Waals surface area (Å²) in [6.45, 7) is 0.326. The molecule has 0 aliphatic rings. The van der Waals surface area contributed by atoms with Gasteiger partial charge in [-0.3, -0.25) is 9.52 Å². The number of benzene rings is 3. The van der Waals surface area contributed by atoms with Crippen molar-refractivity contribution in [1.29, 1.82) is 0 Å². The summed E-state index contributed by atoms with van der Waals surface area (Å²) < 4.78 is 38.9. The largest absolute Gasteiger partial charge is 0.493 e. The Morgan fingerprint density at radius 3 is 2.43 bits per heavy atom. The molecule has 0 fully saturated rings. The Hall–Kier alpha value is -4.25. The predicted octanol–water partition coefficient (Wildman–Crippen LogP) is 2.65. The van der Waals surface area contributed by atoms with E-state index in [4.69, 9.17) is 9.47 Å². The molecule has 10 nitrogen and oxygen atoms in total. The SMILES string of the molecule is COc1ccc(CCNC(=O)c2ccccc2NS(=O)(=O)c2ccc3[nH]c(=O)[nH]c3c2)cc1OC. The molecule has 0 aliphatic heterocycles. The number of carbonyl (C=O) groups excluding carboxylic acids is 1. The fraction of sp³-hybridized carbons (Fsp3) is 0.167. The van der Waals surface area contributed by atoms with E-state index in [-0.39, 0.29) is 16.1 Å². The van der Waals surface area contributed by atoms with Crippen LogP contribution in [0.1, 0.15) is 15.9 Å². The van der Waals surface area contributed by atoms with Gasteiger partial charge in [-0.15, -0.1) is 0 Å². The molecule has 0 bridgehead atoms. The number of fused-ring (bicyclic) bond motifs is 1. The zero-order valence-electron chi connectivity index (χ0n) is 19.0. The summed E-state index contributed by atoms with van der Waals surface area (Å²) in [5.74, 6) is 0.788. The summed E-state index contributed by atoms with van der Waals surface area (Å²) in [6, 6.07) is 16.1. The second-order valence-corrected chi connectivity index (χ2v) is 9.32. The highest BCUT2D eigenvalue weighted by atomic mass is 32.2. The van der Waals surface area contributed by atoms with Crippen LogP contribution in [0.25, 0.3) is 11.0 Å². The van der Waals surface area contributed by atoms with E-state index >= 15 is 0 Å². The van der Waals surface area contributed by atoms with Crippen molar-refractivity contribution in [2.45, 2.75) is 11.3 Å². The lowest BCUT2D eigenvalue weighted by atomic mass is 10.1. The maximum Gasteiger partial charge on any atom is 0.323 e. The summed E-state index contributed by atoms with van der Waals surface area (Å²) in [4.78, 5) is 29.4. The third kappa shape index (κ3) is 5.30. The predicted molar refractivity (Wildman–Crippen MR) is 132 cm³/mol. The Morgan fingerprint density at radius 1 is 0.914 bits per heavy atom. The lowest BCUT2D eigenvalue weighted by molar-refractivity contribution is 0.0955. The maximum absolute atomic E-state index is 13.0. The van der Waals surface area contributed by atoms with Crippen LogP contribution in [-0.2, 0) is 16.4 Å². The number of anilines is 1. The van der Waals surface area contributed by atoms with E-state index in [1.165, 1.54) is 30.3 Å². The molecule has 35 heavy (non-hydrogen) atoms. The number of para-hydroxylation sites is 1. The number of ether oxygens (including phenoxy) is 2. The monoisotopic (exact) mass is 496 g/mol. The van der Waals surface area contributed by atoms with Gasteiger partial charge in [-0.2, -0.15) is 0 Å². The van der Waals surface area contributed by atoms with E-state index in [1.54, 1.807) is 32.4 Å². The van der Waals surface area contributed by atoms with Gasteiger partial charge in [-0.05, 0) is 54.4 Å². The van der Waals surface area contributed by atoms with E-state index in [2.05, 4.69) is 20.0 Å². The lowest BCUT2D eigenvalue weighted by Crippen LogP contribution is -2.27. The molecule has 0 saturated carbocycles. The highest BCUT2D eigenvalue weighted by Crippen LogP contribution is 2.27. The summed E-state index contributed by atoms with van der Waals surface area (Å²) >= 11 is 0. The van der Waals surface area contributed by atoms with Crippen molar-refractivity contribution >= 4 is 32.7 Å². The zero-order valence-corrected chi connectivity index (χ0v) is 19.9. The Morgan fingerprint density at radius 2 is 1.66 bits per heavy atom. The van der Waals surface area contributed by atoms with Crippen LogP contribution in [0.3, 0.4) is 0 Å². The molecular weight excluding hydrogens is 472 g/mol.